The molecule has 77 valence electrons. The zero-order valence-electron chi connectivity index (χ0n) is 9.31. The van der Waals surface area contributed by atoms with Crippen LogP contribution in [0.4, 0.5) is 0 Å². The van der Waals surface area contributed by atoms with Crippen molar-refractivity contribution < 1.29 is 4.74 Å². The van der Waals surface area contributed by atoms with Gasteiger partial charge in [0.1, 0.15) is 0 Å². The fourth-order valence-corrected chi connectivity index (χ4v) is 1.70. The van der Waals surface area contributed by atoms with Gasteiger partial charge in [0, 0.05) is 0 Å². The molecule has 1 fully saturated rings. The van der Waals surface area contributed by atoms with E-state index in [0.29, 0.717) is 5.41 Å². The smallest absolute Gasteiger partial charge is 0.0867 e. The second-order valence-corrected chi connectivity index (χ2v) is 5.41. The lowest BCUT2D eigenvalue weighted by atomic mass is 9.90. The van der Waals surface area contributed by atoms with Crippen molar-refractivity contribution in [2.45, 2.75) is 52.9 Å². The molecule has 1 nitrogen and oxygen atoms in total. The summed E-state index contributed by atoms with van der Waals surface area (Å²) in [5.74, 6) is 0.732. The highest BCUT2D eigenvalue weighted by Gasteiger charge is 2.16. The van der Waals surface area contributed by atoms with Gasteiger partial charge in [-0.25, -0.2) is 0 Å². The average Bonchev–Trinajstić information content (AvgIpc) is 2.04. The van der Waals surface area contributed by atoms with Crippen LogP contribution in [-0.4, -0.2) is 6.61 Å². The summed E-state index contributed by atoms with van der Waals surface area (Å²) in [6.07, 6.45) is 6.87. The van der Waals surface area contributed by atoms with Crippen molar-refractivity contribution in [3.8, 4) is 0 Å². The summed E-state index contributed by atoms with van der Waals surface area (Å²) in [5.41, 5.74) is 0.297. The molecule has 1 radical (unpaired) electrons. The standard InChI is InChI=1S/C12H23O/c1-12(2,3)10-13-9-11-7-5-4-6-8-11/h9,11H,4-8,10H2,1-3H3. The van der Waals surface area contributed by atoms with Gasteiger partial charge in [0.15, 0.2) is 0 Å². The quantitative estimate of drug-likeness (QED) is 0.647. The largest absolute Gasteiger partial charge is 0.375 e. The molecule has 1 saturated carbocycles. The maximum atomic E-state index is 5.61. The number of ether oxygens (including phenoxy) is 1. The van der Waals surface area contributed by atoms with Crippen LogP contribution in [-0.2, 0) is 4.74 Å². The van der Waals surface area contributed by atoms with Crippen molar-refractivity contribution in [3.63, 3.8) is 0 Å². The van der Waals surface area contributed by atoms with Crippen LogP contribution in [0.5, 0.6) is 0 Å². The second kappa shape index (κ2) is 4.99. The third-order valence-electron chi connectivity index (χ3n) is 2.45. The van der Waals surface area contributed by atoms with E-state index < -0.39 is 0 Å². The van der Waals surface area contributed by atoms with Gasteiger partial charge in [0.05, 0.1) is 13.2 Å². The Kier molecular flexibility index (Phi) is 4.24. The van der Waals surface area contributed by atoms with Crippen LogP contribution < -0.4 is 0 Å². The normalized spacial score (nSPS) is 20.5. The molecule has 0 aromatic heterocycles. The van der Waals surface area contributed by atoms with Gasteiger partial charge in [-0.15, -0.1) is 0 Å². The van der Waals surface area contributed by atoms with Crippen molar-refractivity contribution in [2.75, 3.05) is 6.61 Å². The van der Waals surface area contributed by atoms with E-state index in [1.807, 2.05) is 0 Å². The topological polar surface area (TPSA) is 9.23 Å². The lowest BCUT2D eigenvalue weighted by Crippen LogP contribution is -2.16. The van der Waals surface area contributed by atoms with Gasteiger partial charge in [0.25, 0.3) is 0 Å². The van der Waals surface area contributed by atoms with E-state index in [1.54, 1.807) is 0 Å². The van der Waals surface area contributed by atoms with E-state index >= 15 is 0 Å². The highest BCUT2D eigenvalue weighted by atomic mass is 16.5. The summed E-state index contributed by atoms with van der Waals surface area (Å²) in [5, 5.41) is 0. The van der Waals surface area contributed by atoms with E-state index in [-0.39, 0.29) is 0 Å². The van der Waals surface area contributed by atoms with Crippen LogP contribution in [0, 0.1) is 17.9 Å². The molecule has 0 bridgehead atoms. The molecule has 0 unspecified atom stereocenters. The van der Waals surface area contributed by atoms with Crippen LogP contribution in [0.3, 0.4) is 0 Å². The Hall–Kier alpha value is -0.0400. The molecule has 0 spiro atoms. The first kappa shape index (κ1) is 11.0. The van der Waals surface area contributed by atoms with Gasteiger partial charge in [-0.2, -0.15) is 0 Å². The van der Waals surface area contributed by atoms with E-state index in [9.17, 15) is 0 Å². The van der Waals surface area contributed by atoms with Crippen LogP contribution in [0.15, 0.2) is 0 Å². The number of hydrogen-bond acceptors (Lipinski definition) is 1. The summed E-state index contributed by atoms with van der Waals surface area (Å²) >= 11 is 0. The molecular weight excluding hydrogens is 160 g/mol. The van der Waals surface area contributed by atoms with Gasteiger partial charge >= 0.3 is 0 Å². The Bertz CT molecular complexity index is 129. The van der Waals surface area contributed by atoms with Gasteiger partial charge in [0.2, 0.25) is 0 Å². The van der Waals surface area contributed by atoms with Crippen molar-refractivity contribution in [2.24, 2.45) is 11.3 Å². The summed E-state index contributed by atoms with van der Waals surface area (Å²) in [6.45, 7) is 9.57. The van der Waals surface area contributed by atoms with Crippen LogP contribution >= 0.6 is 0 Å². The van der Waals surface area contributed by atoms with Crippen molar-refractivity contribution in [1.82, 2.24) is 0 Å². The summed E-state index contributed by atoms with van der Waals surface area (Å²) in [6, 6.07) is 0. The summed E-state index contributed by atoms with van der Waals surface area (Å²) in [4.78, 5) is 0. The fourth-order valence-electron chi connectivity index (χ4n) is 1.70. The van der Waals surface area contributed by atoms with Crippen LogP contribution in [0.25, 0.3) is 0 Å². The zero-order valence-corrected chi connectivity index (χ0v) is 9.31. The Balaban J connectivity index is 2.04. The molecule has 0 aromatic rings. The zero-order chi connectivity index (χ0) is 9.73. The third kappa shape index (κ3) is 5.30. The summed E-state index contributed by atoms with van der Waals surface area (Å²) in [7, 11) is 0. The SMILES string of the molecule is CC(C)(C)CO[CH]C1CCCCC1. The minimum atomic E-state index is 0.297. The van der Waals surface area contributed by atoms with E-state index in [0.717, 1.165) is 12.5 Å². The van der Waals surface area contributed by atoms with Crippen molar-refractivity contribution in [3.05, 3.63) is 6.61 Å². The first-order valence-electron chi connectivity index (χ1n) is 5.53. The maximum absolute atomic E-state index is 5.61. The Morgan fingerprint density at radius 3 is 2.31 bits per heavy atom. The molecule has 1 heteroatoms. The third-order valence-corrected chi connectivity index (χ3v) is 2.45. The monoisotopic (exact) mass is 183 g/mol. The van der Waals surface area contributed by atoms with Gasteiger partial charge in [-0.3, -0.25) is 0 Å². The Labute approximate surface area is 82.9 Å². The predicted octanol–water partition coefficient (Wildman–Crippen LogP) is 3.79. The van der Waals surface area contributed by atoms with Crippen LogP contribution in [0.2, 0.25) is 0 Å². The Morgan fingerprint density at radius 1 is 1.15 bits per heavy atom. The molecule has 0 heterocycles. The predicted molar refractivity (Wildman–Crippen MR) is 56.3 cm³/mol. The molecule has 0 atom stereocenters. The number of hydrogen-bond donors (Lipinski definition) is 0. The average molecular weight is 183 g/mol. The van der Waals surface area contributed by atoms with Crippen LogP contribution in [0.1, 0.15) is 52.9 Å². The van der Waals surface area contributed by atoms with E-state index in [1.165, 1.54) is 32.1 Å². The lowest BCUT2D eigenvalue weighted by molar-refractivity contribution is 0.0891. The van der Waals surface area contributed by atoms with Crippen molar-refractivity contribution >= 4 is 0 Å². The first-order chi connectivity index (χ1) is 6.08. The lowest BCUT2D eigenvalue weighted by Gasteiger charge is -2.23. The molecule has 0 N–H and O–H groups in total. The highest BCUT2D eigenvalue weighted by molar-refractivity contribution is 4.73. The van der Waals surface area contributed by atoms with Gasteiger partial charge < -0.3 is 4.74 Å². The molecule has 0 amide bonds. The highest BCUT2D eigenvalue weighted by Crippen LogP contribution is 2.26. The Morgan fingerprint density at radius 2 is 1.77 bits per heavy atom. The maximum Gasteiger partial charge on any atom is 0.0867 e. The second-order valence-electron chi connectivity index (χ2n) is 5.41. The molecule has 1 aliphatic rings. The minimum absolute atomic E-state index is 0.297. The van der Waals surface area contributed by atoms with Crippen molar-refractivity contribution in [1.29, 1.82) is 0 Å². The first-order valence-corrected chi connectivity index (χ1v) is 5.53. The fraction of sp³-hybridized carbons (Fsp3) is 0.917. The molecule has 0 aromatic carbocycles. The molecular formula is C12H23O. The minimum Gasteiger partial charge on any atom is -0.375 e. The van der Waals surface area contributed by atoms with E-state index in [4.69, 9.17) is 4.74 Å². The molecule has 0 saturated heterocycles. The molecule has 1 aliphatic carbocycles. The molecule has 0 aliphatic heterocycles. The summed E-state index contributed by atoms with van der Waals surface area (Å²) < 4.78 is 5.61. The molecule has 13 heavy (non-hydrogen) atoms. The van der Waals surface area contributed by atoms with E-state index in [2.05, 4.69) is 27.4 Å². The number of rotatable bonds is 3. The van der Waals surface area contributed by atoms with Gasteiger partial charge in [-0.1, -0.05) is 40.0 Å². The molecule has 1 rings (SSSR count). The van der Waals surface area contributed by atoms with Gasteiger partial charge in [-0.05, 0) is 24.2 Å².